The molecule has 0 aliphatic carbocycles. The van der Waals surface area contributed by atoms with Gasteiger partial charge in [-0.1, -0.05) is 11.6 Å². The van der Waals surface area contributed by atoms with Crippen LogP contribution in [0.5, 0.6) is 0 Å². The number of amides is 1. The molecule has 19 heavy (non-hydrogen) atoms. The van der Waals surface area contributed by atoms with Crippen molar-refractivity contribution >= 4 is 23.2 Å². The van der Waals surface area contributed by atoms with Crippen molar-refractivity contribution in [2.24, 2.45) is 0 Å². The van der Waals surface area contributed by atoms with Gasteiger partial charge in [-0.2, -0.15) is 0 Å². The van der Waals surface area contributed by atoms with Crippen LogP contribution in [0, 0.1) is 10.1 Å². The molecule has 0 spiro atoms. The van der Waals surface area contributed by atoms with Crippen molar-refractivity contribution in [1.29, 1.82) is 0 Å². The number of piperazine rings is 1. The van der Waals surface area contributed by atoms with Gasteiger partial charge in [0.05, 0.1) is 4.92 Å². The third kappa shape index (κ3) is 2.82. The van der Waals surface area contributed by atoms with Crippen LogP contribution in [-0.4, -0.2) is 46.4 Å². The molecule has 1 saturated heterocycles. The van der Waals surface area contributed by atoms with E-state index in [-0.39, 0.29) is 28.4 Å². The average molecular weight is 285 g/mol. The molecule has 1 aromatic heterocycles. The topological polar surface area (TPSA) is 88.4 Å². The lowest BCUT2D eigenvalue weighted by molar-refractivity contribution is -0.385. The number of aromatic nitrogens is 1. The van der Waals surface area contributed by atoms with Gasteiger partial charge in [-0.25, -0.2) is 4.98 Å². The first-order valence-electron chi connectivity index (χ1n) is 5.82. The molecule has 1 aliphatic rings. The van der Waals surface area contributed by atoms with Crippen LogP contribution in [0.3, 0.4) is 0 Å². The van der Waals surface area contributed by atoms with E-state index in [0.717, 1.165) is 6.20 Å². The fraction of sp³-hybridized carbons (Fsp3) is 0.455. The van der Waals surface area contributed by atoms with Crippen molar-refractivity contribution in [1.82, 2.24) is 15.2 Å². The number of halogens is 1. The van der Waals surface area contributed by atoms with E-state index in [4.69, 9.17) is 11.6 Å². The van der Waals surface area contributed by atoms with Crippen molar-refractivity contribution < 1.29 is 9.72 Å². The molecule has 1 amide bonds. The first kappa shape index (κ1) is 13.7. The summed E-state index contributed by atoms with van der Waals surface area (Å²) in [6, 6.07) is 1.23. The summed E-state index contributed by atoms with van der Waals surface area (Å²) < 4.78 is 0. The van der Waals surface area contributed by atoms with Crippen molar-refractivity contribution in [3.8, 4) is 0 Å². The number of nitro groups is 1. The Kier molecular flexibility index (Phi) is 3.96. The van der Waals surface area contributed by atoms with Crippen molar-refractivity contribution in [3.05, 3.63) is 33.1 Å². The molecule has 1 atom stereocenters. The van der Waals surface area contributed by atoms with Gasteiger partial charge in [-0.3, -0.25) is 14.9 Å². The predicted molar refractivity (Wildman–Crippen MR) is 69.3 cm³/mol. The molecule has 1 N–H and O–H groups in total. The standard InChI is InChI=1S/C11H13ClN4O3/c1-7-5-13-2-3-15(7)11(17)8-4-10(12)14-6-9(8)16(18)19/h4,6-7,13H,2-3,5H2,1H3/t7-/m1/s1. The van der Waals surface area contributed by atoms with E-state index in [1.54, 1.807) is 4.90 Å². The van der Waals surface area contributed by atoms with E-state index in [9.17, 15) is 14.9 Å². The maximum absolute atomic E-state index is 12.4. The monoisotopic (exact) mass is 284 g/mol. The van der Waals surface area contributed by atoms with E-state index in [0.29, 0.717) is 19.6 Å². The molecule has 1 aromatic rings. The first-order valence-corrected chi connectivity index (χ1v) is 6.20. The highest BCUT2D eigenvalue weighted by molar-refractivity contribution is 6.29. The number of rotatable bonds is 2. The summed E-state index contributed by atoms with van der Waals surface area (Å²) >= 11 is 5.72. The van der Waals surface area contributed by atoms with Crippen molar-refractivity contribution in [2.45, 2.75) is 13.0 Å². The highest BCUT2D eigenvalue weighted by Crippen LogP contribution is 2.23. The van der Waals surface area contributed by atoms with Crippen LogP contribution in [0.25, 0.3) is 0 Å². The van der Waals surface area contributed by atoms with Gasteiger partial charge in [-0.15, -0.1) is 0 Å². The minimum atomic E-state index is -0.622. The quantitative estimate of drug-likeness (QED) is 0.499. The van der Waals surface area contributed by atoms with Gasteiger partial charge in [0, 0.05) is 25.7 Å². The average Bonchev–Trinajstić information content (AvgIpc) is 2.38. The number of hydrogen-bond donors (Lipinski definition) is 1. The minimum absolute atomic E-state index is 0.0150. The summed E-state index contributed by atoms with van der Waals surface area (Å²) in [6.45, 7) is 3.73. The van der Waals surface area contributed by atoms with Gasteiger partial charge in [0.1, 0.15) is 16.9 Å². The molecule has 102 valence electrons. The van der Waals surface area contributed by atoms with E-state index in [1.807, 2.05) is 6.92 Å². The molecular weight excluding hydrogens is 272 g/mol. The van der Waals surface area contributed by atoms with Gasteiger partial charge >= 0.3 is 0 Å². The summed E-state index contributed by atoms with van der Waals surface area (Å²) in [5, 5.41) is 14.2. The van der Waals surface area contributed by atoms with Crippen LogP contribution in [0.15, 0.2) is 12.3 Å². The van der Waals surface area contributed by atoms with Gasteiger partial charge in [-0.05, 0) is 13.0 Å². The molecule has 2 rings (SSSR count). The molecule has 8 heteroatoms. The zero-order valence-electron chi connectivity index (χ0n) is 10.3. The Morgan fingerprint density at radius 1 is 1.68 bits per heavy atom. The van der Waals surface area contributed by atoms with Crippen molar-refractivity contribution in [2.75, 3.05) is 19.6 Å². The van der Waals surface area contributed by atoms with Crippen LogP contribution in [0.2, 0.25) is 5.15 Å². The molecule has 0 saturated carbocycles. The normalized spacial score (nSPS) is 19.3. The maximum atomic E-state index is 12.4. The van der Waals surface area contributed by atoms with E-state index in [1.165, 1.54) is 6.07 Å². The molecule has 0 radical (unpaired) electrons. The Morgan fingerprint density at radius 3 is 3.05 bits per heavy atom. The van der Waals surface area contributed by atoms with Gasteiger partial charge in [0.2, 0.25) is 0 Å². The maximum Gasteiger partial charge on any atom is 0.300 e. The number of hydrogen-bond acceptors (Lipinski definition) is 5. The Labute approximate surface area is 114 Å². The molecule has 0 unspecified atom stereocenters. The van der Waals surface area contributed by atoms with E-state index >= 15 is 0 Å². The molecule has 0 aromatic carbocycles. The second-order valence-corrected chi connectivity index (χ2v) is 4.72. The smallest absolute Gasteiger partial charge is 0.300 e. The largest absolute Gasteiger partial charge is 0.333 e. The number of pyridine rings is 1. The van der Waals surface area contributed by atoms with Crippen LogP contribution in [0.4, 0.5) is 5.69 Å². The molecule has 1 fully saturated rings. The van der Waals surface area contributed by atoms with Crippen LogP contribution in [0.1, 0.15) is 17.3 Å². The lowest BCUT2D eigenvalue weighted by Crippen LogP contribution is -2.52. The highest BCUT2D eigenvalue weighted by atomic mass is 35.5. The summed E-state index contributed by atoms with van der Waals surface area (Å²) in [5.41, 5.74) is -0.334. The number of nitrogens with one attached hydrogen (secondary N) is 1. The zero-order chi connectivity index (χ0) is 14.0. The third-order valence-corrected chi connectivity index (χ3v) is 3.25. The molecular formula is C11H13ClN4O3. The Hall–Kier alpha value is -1.73. The third-order valence-electron chi connectivity index (χ3n) is 3.04. The van der Waals surface area contributed by atoms with Crippen LogP contribution in [-0.2, 0) is 0 Å². The molecule has 0 bridgehead atoms. The Bertz CT molecular complexity index is 523. The van der Waals surface area contributed by atoms with Gasteiger partial charge < -0.3 is 10.2 Å². The molecule has 7 nitrogen and oxygen atoms in total. The number of nitrogens with zero attached hydrogens (tertiary/aromatic N) is 3. The molecule has 1 aliphatic heterocycles. The summed E-state index contributed by atoms with van der Waals surface area (Å²) in [4.78, 5) is 28.0. The van der Waals surface area contributed by atoms with Crippen LogP contribution < -0.4 is 5.32 Å². The van der Waals surface area contributed by atoms with Gasteiger partial charge in [0.15, 0.2) is 0 Å². The SMILES string of the molecule is C[C@@H]1CNCCN1C(=O)c1cc(Cl)ncc1[N+](=O)[O-]. The lowest BCUT2D eigenvalue weighted by Gasteiger charge is -2.33. The Balaban J connectivity index is 2.37. The van der Waals surface area contributed by atoms with Crippen molar-refractivity contribution in [3.63, 3.8) is 0 Å². The number of carbonyl (C=O) groups is 1. The van der Waals surface area contributed by atoms with E-state index < -0.39 is 4.92 Å². The summed E-state index contributed by atoms with van der Waals surface area (Å²) in [5.74, 6) is -0.384. The van der Waals surface area contributed by atoms with E-state index in [2.05, 4.69) is 10.3 Å². The Morgan fingerprint density at radius 2 is 2.42 bits per heavy atom. The fourth-order valence-electron chi connectivity index (χ4n) is 2.04. The van der Waals surface area contributed by atoms with Crippen LogP contribution >= 0.6 is 11.6 Å². The molecule has 2 heterocycles. The second-order valence-electron chi connectivity index (χ2n) is 4.33. The first-order chi connectivity index (χ1) is 9.00. The minimum Gasteiger partial charge on any atom is -0.333 e. The summed E-state index contributed by atoms with van der Waals surface area (Å²) in [7, 11) is 0. The fourth-order valence-corrected chi connectivity index (χ4v) is 2.19. The number of carbonyl (C=O) groups excluding carboxylic acids is 1. The highest BCUT2D eigenvalue weighted by Gasteiger charge is 2.29. The summed E-state index contributed by atoms with van der Waals surface area (Å²) in [6.07, 6.45) is 1.02. The zero-order valence-corrected chi connectivity index (χ0v) is 11.1. The predicted octanol–water partition coefficient (Wildman–Crippen LogP) is 1.08. The second kappa shape index (κ2) is 5.50. The van der Waals surface area contributed by atoms with Gasteiger partial charge in [0.25, 0.3) is 11.6 Å². The lowest BCUT2D eigenvalue weighted by atomic mass is 10.1.